The van der Waals surface area contributed by atoms with Crippen molar-refractivity contribution in [3.8, 4) is 22.3 Å². The topological polar surface area (TPSA) is 0 Å². The molecule has 0 N–H and O–H groups in total. The minimum absolute atomic E-state index is 1.04. The summed E-state index contributed by atoms with van der Waals surface area (Å²) in [5, 5.41) is 93.7. The smallest absolute Gasteiger partial charge is 0.0188 e. The van der Waals surface area contributed by atoms with Crippen molar-refractivity contribution in [1.82, 2.24) is 0 Å². The molecule has 0 radical (unpaired) electrons. The first-order valence-electron chi connectivity index (χ1n) is 47.1. The van der Waals surface area contributed by atoms with Crippen molar-refractivity contribution in [2.75, 3.05) is 0 Å². The molecule has 0 nitrogen and oxygen atoms in total. The summed E-state index contributed by atoms with van der Waals surface area (Å²) < 4.78 is 12.7. The molecule has 0 spiro atoms. The lowest BCUT2D eigenvalue weighted by atomic mass is 9.72. The molecule has 0 saturated heterocycles. The van der Waals surface area contributed by atoms with Gasteiger partial charge in [0.15, 0.2) is 0 Å². The van der Waals surface area contributed by atoms with E-state index >= 15 is 0 Å². The van der Waals surface area contributed by atoms with Crippen molar-refractivity contribution >= 4 is 579 Å². The summed E-state index contributed by atoms with van der Waals surface area (Å²) in [6.45, 7) is 4.57. The van der Waals surface area contributed by atoms with Crippen LogP contribution in [0.15, 0.2) is 272 Å². The van der Waals surface area contributed by atoms with Gasteiger partial charge in [0.2, 0.25) is 0 Å². The Labute approximate surface area is 887 Å². The van der Waals surface area contributed by atoms with Gasteiger partial charge in [0.1, 0.15) is 0 Å². The fourth-order valence-corrected chi connectivity index (χ4v) is 36.8. The highest BCUT2D eigenvalue weighted by molar-refractivity contribution is 9.12. The van der Waals surface area contributed by atoms with Crippen molar-refractivity contribution < 1.29 is 0 Å². The van der Waals surface area contributed by atoms with Crippen LogP contribution in [-0.2, 0) is 0 Å². The van der Waals surface area contributed by atoms with E-state index in [-0.39, 0.29) is 0 Å². The maximum atomic E-state index is 4.38. The zero-order valence-corrected chi connectivity index (χ0v) is 91.4. The van der Waals surface area contributed by atoms with Gasteiger partial charge in [0, 0.05) is 53.7 Å². The van der Waals surface area contributed by atoms with E-state index in [4.69, 9.17) is 0 Å². The van der Waals surface area contributed by atoms with Gasteiger partial charge in [-0.25, -0.2) is 0 Å². The fraction of sp³-hybridized carbons (Fsp3) is 0.0156. The van der Waals surface area contributed by atoms with Gasteiger partial charge < -0.3 is 0 Å². The molecule has 638 valence electrons. The highest BCUT2D eigenvalue weighted by Crippen LogP contribution is 2.69. The molecule has 0 atom stereocenters. The largest absolute Gasteiger partial charge is 0.0508 e. The van der Waals surface area contributed by atoms with Crippen molar-refractivity contribution in [3.63, 3.8) is 0 Å². The van der Waals surface area contributed by atoms with Crippen LogP contribution in [0.4, 0.5) is 0 Å². The summed E-state index contributed by atoms with van der Waals surface area (Å²) >= 11 is 51.4. The molecule has 0 saturated carbocycles. The highest BCUT2D eigenvalue weighted by Gasteiger charge is 2.40. The van der Waals surface area contributed by atoms with Crippen LogP contribution >= 0.6 is 191 Å². The molecule has 0 aromatic heterocycles. The van der Waals surface area contributed by atoms with Crippen LogP contribution in [0.5, 0.6) is 0 Å². The minimum Gasteiger partial charge on any atom is -0.0508 e. The second-order valence-corrected chi connectivity index (χ2v) is 52.5. The van der Waals surface area contributed by atoms with Crippen LogP contribution < -0.4 is 0 Å². The van der Waals surface area contributed by atoms with Gasteiger partial charge in [-0.1, -0.05) is 215 Å². The first-order chi connectivity index (χ1) is 68.1. The monoisotopic (exact) mass is 2530 g/mol. The number of benzene rings is 39. The maximum Gasteiger partial charge on any atom is 0.0188 e. The minimum atomic E-state index is 1.04. The Hall–Kier alpha value is -10.6. The Bertz CT molecular complexity index is 11700. The fourth-order valence-electron chi connectivity index (χ4n) is 31.3. The molecular formula is C128H42Br12. The van der Waals surface area contributed by atoms with E-state index in [9.17, 15) is 0 Å². The standard InChI is InChI=1S/C128H42Br12/c1-39-3-57-69-15-45(129)27-81-85-31-49(133)19-73-61-7-41(8-62-74-20-50(134)32-86-82-28-46(130)16-70-58(4-39)93(57)111-117(99(69)81)121(103(73)85)113(95(61)62)122(104(74)86)118(111)100(70)82)43-11-65-77-23-53(137)35-89-91-37-55(139)25-79-67-13-44(14-68-80-26-56(140)38-92-90-36-54(138)24-78-66(12-43)97(65)115-125(107(77)89)127(109(79)91)116(98(67)68)128(110(80)92)126(115)108(78)90)42-9-63-75-21-51(135)33-87-83-29-47(131)17-71-59-5-40(2)6-60-72-18-48(132)30-84-88-34-52(136)22-76-64(10-42)96(63)114-123(105(75)87)119(101(71)83)112(94(59)60)120(102(72)84)124(114)106(76)88/h3-38H,1-2H3. The average Bonchev–Trinajstić information content (AvgIpc) is 0.644. The van der Waals surface area contributed by atoms with Crippen molar-refractivity contribution in [1.29, 1.82) is 0 Å². The second kappa shape index (κ2) is 23.9. The van der Waals surface area contributed by atoms with Crippen LogP contribution in [-0.4, -0.2) is 0 Å². The van der Waals surface area contributed by atoms with Crippen LogP contribution in [0.1, 0.15) is 11.1 Å². The highest BCUT2D eigenvalue weighted by atomic mass is 79.9. The molecule has 140 heavy (non-hydrogen) atoms. The van der Waals surface area contributed by atoms with E-state index in [1.54, 1.807) is 0 Å². The third-order valence-electron chi connectivity index (χ3n) is 35.2. The molecular weight excluding hydrogens is 2500 g/mol. The molecule has 0 aliphatic carbocycles. The normalized spacial score (nSPS) is 13.9. The number of hydrogen-bond acceptors (Lipinski definition) is 0. The van der Waals surface area contributed by atoms with Gasteiger partial charge in [-0.3, -0.25) is 0 Å². The van der Waals surface area contributed by atoms with Gasteiger partial charge in [-0.2, -0.15) is 0 Å². The molecule has 0 heterocycles. The Balaban J connectivity index is 0.653. The lowest BCUT2D eigenvalue weighted by molar-refractivity contribution is 1.53. The molecule has 0 unspecified atom stereocenters. The molecule has 39 aromatic carbocycles. The van der Waals surface area contributed by atoms with E-state index < -0.39 is 0 Å². The van der Waals surface area contributed by atoms with E-state index in [0.29, 0.717) is 0 Å². The summed E-state index contributed by atoms with van der Waals surface area (Å²) in [6.07, 6.45) is 0. The third-order valence-corrected chi connectivity index (χ3v) is 40.7. The first kappa shape index (κ1) is 76.1. The summed E-state index contributed by atoms with van der Waals surface area (Å²) in [5.74, 6) is 0. The first-order valence-corrected chi connectivity index (χ1v) is 56.6. The Kier molecular flexibility index (Phi) is 13.0. The van der Waals surface area contributed by atoms with Crippen molar-refractivity contribution in [2.45, 2.75) is 13.8 Å². The van der Waals surface area contributed by atoms with E-state index in [2.05, 4.69) is 423 Å². The third kappa shape index (κ3) is 8.09. The molecule has 0 fully saturated rings. The van der Waals surface area contributed by atoms with E-state index in [1.165, 1.54) is 421 Å². The molecule has 0 bridgehead atoms. The predicted octanol–water partition coefficient (Wildman–Crippen LogP) is 46.2. The number of rotatable bonds is 2. The SMILES string of the molecule is Cc1cc2c3cc(Br)cc4c5cc(Br)cc6c7cc(-c8cc9c%10cc(Br)cc%11c%12cc(Br)cc%13c%14cc(-c%15cc%16c%17cc(Br)cc%18c%19cc(Br)cc%20c%21cc(C)cc%22c%23cc(Br)cc%24c%25cc(Br)cc%26c(c%15)c%16c%15c(c%18%17)c(c%20%19)c(c%21%22)c(c%23%24)c%15c%25%26)cc%15c%16cc(Br)cc%17c%18cc(Br)cc%19c(c8)c9c8c(c%11%10)c(c%12%13)c(c%14%15)c(c%17%16)c8c%18%19)cc8c9cc(Br)cc%10c%11cc(Br)cc%12c(c1)c2c1c(c34)c(c56)c(c78)c(c%109)c1c%12%11. The van der Waals surface area contributed by atoms with Gasteiger partial charge in [0.05, 0.1) is 0 Å². The number of fused-ring (bicyclic) bond motifs is 18. The average molecular weight is 2540 g/mol. The van der Waals surface area contributed by atoms with Crippen LogP contribution in [0, 0.1) is 13.8 Å². The predicted molar refractivity (Wildman–Crippen MR) is 651 cm³/mol. The zero-order chi connectivity index (χ0) is 91.4. The maximum absolute atomic E-state index is 4.38. The summed E-state index contributed by atoms with van der Waals surface area (Å²) in [5.41, 5.74) is 7.21. The molecule has 0 amide bonds. The van der Waals surface area contributed by atoms with Gasteiger partial charge in [-0.15, -0.1) is 0 Å². The Morgan fingerprint density at radius 2 is 0.150 bits per heavy atom. The number of halogens is 12. The van der Waals surface area contributed by atoms with Gasteiger partial charge in [0.25, 0.3) is 0 Å². The van der Waals surface area contributed by atoms with Crippen LogP contribution in [0.3, 0.4) is 0 Å². The number of aryl methyl sites for hydroxylation is 2. The molecule has 0 aliphatic heterocycles. The summed E-state index contributed by atoms with van der Waals surface area (Å²) in [4.78, 5) is 0. The molecule has 12 heteroatoms. The van der Waals surface area contributed by atoms with Crippen LogP contribution in [0.2, 0.25) is 0 Å². The lowest BCUT2D eigenvalue weighted by Gasteiger charge is -2.30. The lowest BCUT2D eigenvalue weighted by Crippen LogP contribution is -2.01. The quantitative estimate of drug-likeness (QED) is 0.120. The van der Waals surface area contributed by atoms with Crippen molar-refractivity contribution in [3.05, 3.63) is 283 Å². The molecule has 39 rings (SSSR count). The summed E-state index contributed by atoms with van der Waals surface area (Å²) in [7, 11) is 0. The van der Waals surface area contributed by atoms with Gasteiger partial charge in [-0.05, 0) is 629 Å². The van der Waals surface area contributed by atoms with E-state index in [0.717, 1.165) is 53.7 Å². The molecule has 0 aliphatic rings. The Morgan fingerprint density at radius 3 is 0.229 bits per heavy atom. The van der Waals surface area contributed by atoms with E-state index in [1.807, 2.05) is 0 Å². The second-order valence-electron chi connectivity index (χ2n) is 41.5. The van der Waals surface area contributed by atoms with Crippen LogP contribution in [0.25, 0.3) is 410 Å². The summed E-state index contributed by atoms with van der Waals surface area (Å²) in [6, 6.07) is 89.3. The van der Waals surface area contributed by atoms with Gasteiger partial charge >= 0.3 is 0 Å². The Morgan fingerprint density at radius 1 is 0.0857 bits per heavy atom. The molecule has 39 aromatic rings. The number of hydrogen-bond donors (Lipinski definition) is 0. The zero-order valence-electron chi connectivity index (χ0n) is 72.3. The van der Waals surface area contributed by atoms with Crippen molar-refractivity contribution in [2.24, 2.45) is 0 Å².